The highest BCUT2D eigenvalue weighted by atomic mass is 35.6. The lowest BCUT2D eigenvalue weighted by molar-refractivity contribution is 0.0880. The fourth-order valence-electron chi connectivity index (χ4n) is 2.15. The van der Waals surface area contributed by atoms with Gasteiger partial charge in [-0.25, -0.2) is 0 Å². The molecule has 1 N–H and O–H groups in total. The van der Waals surface area contributed by atoms with Crippen molar-refractivity contribution in [2.75, 3.05) is 0 Å². The van der Waals surface area contributed by atoms with Crippen LogP contribution in [0.2, 0.25) is 0 Å². The van der Waals surface area contributed by atoms with Crippen LogP contribution in [0.3, 0.4) is 0 Å². The molecule has 3 nitrogen and oxygen atoms in total. The van der Waals surface area contributed by atoms with E-state index in [1.165, 1.54) is 11.3 Å². The fraction of sp³-hybridized carbons (Fsp3) is 0.0769. The predicted octanol–water partition coefficient (Wildman–Crippen LogP) is 4.13. The Balaban J connectivity index is 2.26. The molecule has 0 spiro atoms. The molecule has 1 aliphatic heterocycles. The molecule has 0 atom stereocenters. The first-order valence-corrected chi connectivity index (χ1v) is 7.54. The van der Waals surface area contributed by atoms with Crippen LogP contribution in [0, 0.1) is 0 Å². The van der Waals surface area contributed by atoms with Crippen molar-refractivity contribution in [1.82, 2.24) is 5.32 Å². The zero-order valence-corrected chi connectivity index (χ0v) is 12.8. The van der Waals surface area contributed by atoms with E-state index in [2.05, 4.69) is 5.32 Å². The summed E-state index contributed by atoms with van der Waals surface area (Å²) in [4.78, 5) is 24.3. The van der Waals surface area contributed by atoms with E-state index in [-0.39, 0.29) is 0 Å². The molecular formula is C13H6Cl3NO2S. The number of halogens is 3. The van der Waals surface area contributed by atoms with Crippen molar-refractivity contribution in [2.45, 2.75) is 3.79 Å². The van der Waals surface area contributed by atoms with Crippen LogP contribution in [0.1, 0.15) is 26.3 Å². The Morgan fingerprint density at radius 3 is 2.40 bits per heavy atom. The van der Waals surface area contributed by atoms with Gasteiger partial charge in [0.05, 0.1) is 11.1 Å². The number of thiophene rings is 1. The minimum Gasteiger partial charge on any atom is -0.288 e. The van der Waals surface area contributed by atoms with Crippen molar-refractivity contribution in [2.24, 2.45) is 0 Å². The molecule has 102 valence electrons. The van der Waals surface area contributed by atoms with Gasteiger partial charge in [0.15, 0.2) is 0 Å². The van der Waals surface area contributed by atoms with Crippen LogP contribution in [0.25, 0.3) is 10.4 Å². The molecule has 0 fully saturated rings. The molecule has 1 aromatic heterocycles. The third-order valence-corrected chi connectivity index (χ3v) is 4.54. The van der Waals surface area contributed by atoms with Gasteiger partial charge >= 0.3 is 0 Å². The summed E-state index contributed by atoms with van der Waals surface area (Å²) >= 11 is 19.2. The Morgan fingerprint density at radius 1 is 1.00 bits per heavy atom. The second-order valence-electron chi connectivity index (χ2n) is 4.17. The number of nitrogens with one attached hydrogen (secondary N) is 1. The Morgan fingerprint density at radius 2 is 1.70 bits per heavy atom. The molecule has 1 aromatic carbocycles. The zero-order valence-electron chi connectivity index (χ0n) is 9.75. The number of rotatable bonds is 1. The maximum Gasteiger partial charge on any atom is 0.259 e. The smallest absolute Gasteiger partial charge is 0.259 e. The predicted molar refractivity (Wildman–Crippen MR) is 80.8 cm³/mol. The van der Waals surface area contributed by atoms with Crippen LogP contribution in [0.5, 0.6) is 0 Å². The van der Waals surface area contributed by atoms with E-state index >= 15 is 0 Å². The number of carbonyl (C=O) groups is 2. The average molecular weight is 347 g/mol. The first-order chi connectivity index (χ1) is 9.39. The van der Waals surface area contributed by atoms with Gasteiger partial charge in [0.2, 0.25) is 3.79 Å². The van der Waals surface area contributed by atoms with Crippen molar-refractivity contribution in [3.63, 3.8) is 0 Å². The van der Waals surface area contributed by atoms with E-state index < -0.39 is 15.6 Å². The van der Waals surface area contributed by atoms with Crippen LogP contribution in [0.4, 0.5) is 0 Å². The summed E-state index contributed by atoms with van der Waals surface area (Å²) in [5.74, 6) is -0.830. The molecule has 2 aromatic rings. The van der Waals surface area contributed by atoms with Crippen molar-refractivity contribution in [3.05, 3.63) is 46.3 Å². The van der Waals surface area contributed by atoms with E-state index in [4.69, 9.17) is 34.8 Å². The average Bonchev–Trinajstić information content (AvgIpc) is 2.95. The van der Waals surface area contributed by atoms with Gasteiger partial charge in [0.1, 0.15) is 0 Å². The Bertz CT molecular complexity index is 733. The van der Waals surface area contributed by atoms with Gasteiger partial charge in [0, 0.05) is 16.0 Å². The molecule has 0 bridgehead atoms. The Kier molecular flexibility index (Phi) is 3.29. The lowest BCUT2D eigenvalue weighted by Crippen LogP contribution is -2.20. The fourth-order valence-corrected chi connectivity index (χ4v) is 3.78. The molecule has 20 heavy (non-hydrogen) atoms. The van der Waals surface area contributed by atoms with E-state index in [0.29, 0.717) is 27.1 Å². The lowest BCUT2D eigenvalue weighted by Gasteiger charge is -2.13. The summed E-state index contributed by atoms with van der Waals surface area (Å²) in [5, 5.41) is 4.05. The molecule has 2 amide bonds. The standard InChI is InChI=1S/C13H6Cl3NO2S/c14-13(15,16)8-4-5-20-10(8)6-2-1-3-7-9(6)12(19)17-11(7)18/h1-5H,(H,17,18,19). The lowest BCUT2D eigenvalue weighted by atomic mass is 10.00. The Hall–Kier alpha value is -1.07. The van der Waals surface area contributed by atoms with Crippen LogP contribution in [0.15, 0.2) is 29.6 Å². The number of carbonyl (C=O) groups excluding carboxylic acids is 2. The number of amides is 2. The van der Waals surface area contributed by atoms with Gasteiger partial charge in [-0.05, 0) is 17.5 Å². The van der Waals surface area contributed by atoms with Crippen LogP contribution in [-0.2, 0) is 3.79 Å². The molecule has 0 radical (unpaired) electrons. The molecule has 7 heteroatoms. The van der Waals surface area contributed by atoms with E-state index in [0.717, 1.165) is 0 Å². The largest absolute Gasteiger partial charge is 0.288 e. The highest BCUT2D eigenvalue weighted by molar-refractivity contribution is 7.14. The van der Waals surface area contributed by atoms with Gasteiger partial charge in [-0.3, -0.25) is 14.9 Å². The van der Waals surface area contributed by atoms with Gasteiger partial charge in [-0.15, -0.1) is 11.3 Å². The second kappa shape index (κ2) is 4.74. The molecular weight excluding hydrogens is 341 g/mol. The molecule has 3 rings (SSSR count). The van der Waals surface area contributed by atoms with Crippen molar-refractivity contribution in [3.8, 4) is 10.4 Å². The molecule has 0 saturated carbocycles. The van der Waals surface area contributed by atoms with Crippen molar-refractivity contribution in [1.29, 1.82) is 0 Å². The first-order valence-electron chi connectivity index (χ1n) is 5.53. The minimum atomic E-state index is -1.59. The third kappa shape index (κ3) is 2.13. The first kappa shape index (κ1) is 13.9. The third-order valence-electron chi connectivity index (χ3n) is 2.98. The van der Waals surface area contributed by atoms with Crippen molar-refractivity contribution < 1.29 is 9.59 Å². The summed E-state index contributed by atoms with van der Waals surface area (Å²) in [7, 11) is 0. The number of imide groups is 1. The summed E-state index contributed by atoms with van der Waals surface area (Å²) in [6, 6.07) is 6.74. The monoisotopic (exact) mass is 345 g/mol. The maximum absolute atomic E-state index is 11.9. The Labute approximate surface area is 133 Å². The maximum atomic E-state index is 11.9. The van der Waals surface area contributed by atoms with Crippen molar-refractivity contribution >= 4 is 58.0 Å². The zero-order chi connectivity index (χ0) is 14.5. The summed E-state index contributed by atoms with van der Waals surface area (Å²) in [5.41, 5.74) is 1.77. The SMILES string of the molecule is O=C1NC(=O)c2c1cccc2-c1sccc1C(Cl)(Cl)Cl. The van der Waals surface area contributed by atoms with Gasteiger partial charge < -0.3 is 0 Å². The number of hydrogen-bond acceptors (Lipinski definition) is 3. The van der Waals surface area contributed by atoms with Crippen LogP contribution in [-0.4, -0.2) is 11.8 Å². The minimum absolute atomic E-state index is 0.329. The molecule has 2 heterocycles. The highest BCUT2D eigenvalue weighted by Crippen LogP contribution is 2.46. The number of alkyl halides is 3. The summed E-state index contributed by atoms with van der Waals surface area (Å²) in [6.45, 7) is 0. The van der Waals surface area contributed by atoms with Gasteiger partial charge in [-0.2, -0.15) is 0 Å². The second-order valence-corrected chi connectivity index (χ2v) is 7.37. The van der Waals surface area contributed by atoms with Crippen LogP contribution >= 0.6 is 46.1 Å². The van der Waals surface area contributed by atoms with Crippen LogP contribution < -0.4 is 5.32 Å². The van der Waals surface area contributed by atoms with E-state index in [1.54, 1.807) is 29.6 Å². The van der Waals surface area contributed by atoms with Gasteiger partial charge in [0.25, 0.3) is 11.8 Å². The number of benzene rings is 1. The topological polar surface area (TPSA) is 46.2 Å². The highest BCUT2D eigenvalue weighted by Gasteiger charge is 2.33. The molecule has 0 unspecified atom stereocenters. The molecule has 0 aliphatic carbocycles. The number of fused-ring (bicyclic) bond motifs is 1. The summed E-state index contributed by atoms with van der Waals surface area (Å²) < 4.78 is -1.59. The number of hydrogen-bond donors (Lipinski definition) is 1. The quantitative estimate of drug-likeness (QED) is 0.623. The molecule has 1 aliphatic rings. The van der Waals surface area contributed by atoms with E-state index in [1.807, 2.05) is 0 Å². The van der Waals surface area contributed by atoms with E-state index in [9.17, 15) is 9.59 Å². The normalized spacial score (nSPS) is 14.3. The summed E-state index contributed by atoms with van der Waals surface area (Å²) in [6.07, 6.45) is 0. The van der Waals surface area contributed by atoms with Gasteiger partial charge in [-0.1, -0.05) is 46.9 Å². The molecule has 0 saturated heterocycles.